The molecule has 0 aromatic heterocycles. The summed E-state index contributed by atoms with van der Waals surface area (Å²) < 4.78 is 4.74. The van der Waals surface area contributed by atoms with Gasteiger partial charge in [-0.1, -0.05) is 6.07 Å². The number of ether oxygens (including phenoxy) is 1. The first-order valence-corrected chi connectivity index (χ1v) is 4.90. The summed E-state index contributed by atoms with van der Waals surface area (Å²) in [6, 6.07) is 5.64. The number of hydrogen-bond donors (Lipinski definition) is 1. The van der Waals surface area contributed by atoms with Gasteiger partial charge in [-0.05, 0) is 12.1 Å². The molecule has 1 N–H and O–H groups in total. The number of anilines is 2. The highest BCUT2D eigenvalue weighted by atomic mass is 16.5. The molecular weight excluding hydrogens is 192 g/mol. The van der Waals surface area contributed by atoms with Crippen LogP contribution in [0, 0.1) is 0 Å². The van der Waals surface area contributed by atoms with Gasteiger partial charge in [0.15, 0.2) is 0 Å². The van der Waals surface area contributed by atoms with Gasteiger partial charge < -0.3 is 15.0 Å². The molecule has 2 rings (SSSR count). The monoisotopic (exact) mass is 206 g/mol. The highest BCUT2D eigenvalue weighted by Crippen LogP contribution is 2.31. The Morgan fingerprint density at radius 2 is 2.33 bits per heavy atom. The van der Waals surface area contributed by atoms with Crippen molar-refractivity contribution in [3.05, 3.63) is 23.8 Å². The summed E-state index contributed by atoms with van der Waals surface area (Å²) in [7, 11) is 3.41. The number of esters is 1. The maximum Gasteiger partial charge on any atom is 0.340 e. The Morgan fingerprint density at radius 1 is 1.53 bits per heavy atom. The van der Waals surface area contributed by atoms with Crippen LogP contribution in [0.2, 0.25) is 0 Å². The summed E-state index contributed by atoms with van der Waals surface area (Å²) in [6.45, 7) is 1.79. The first kappa shape index (κ1) is 9.83. The third kappa shape index (κ3) is 1.63. The molecule has 0 bridgehead atoms. The zero-order valence-corrected chi connectivity index (χ0v) is 8.91. The number of carbonyl (C=O) groups is 1. The fraction of sp³-hybridized carbons (Fsp3) is 0.364. The number of para-hydroxylation sites is 1. The number of benzene rings is 1. The normalized spacial score (nSPS) is 14.1. The lowest BCUT2D eigenvalue weighted by molar-refractivity contribution is 0.0602. The van der Waals surface area contributed by atoms with Gasteiger partial charge in [-0.15, -0.1) is 0 Å². The maximum atomic E-state index is 11.5. The lowest BCUT2D eigenvalue weighted by atomic mass is 10.1. The molecule has 0 saturated carbocycles. The number of hydrogen-bond acceptors (Lipinski definition) is 4. The molecule has 0 aliphatic carbocycles. The van der Waals surface area contributed by atoms with Crippen molar-refractivity contribution in [3.63, 3.8) is 0 Å². The van der Waals surface area contributed by atoms with E-state index in [1.165, 1.54) is 7.11 Å². The molecule has 0 amide bonds. The molecule has 0 radical (unpaired) electrons. The smallest absolute Gasteiger partial charge is 0.340 e. The molecule has 15 heavy (non-hydrogen) atoms. The van der Waals surface area contributed by atoms with E-state index >= 15 is 0 Å². The number of fused-ring (bicyclic) bond motifs is 1. The van der Waals surface area contributed by atoms with E-state index in [0.717, 1.165) is 24.5 Å². The summed E-state index contributed by atoms with van der Waals surface area (Å²) in [4.78, 5) is 13.6. The average molecular weight is 206 g/mol. The van der Waals surface area contributed by atoms with Crippen molar-refractivity contribution in [2.75, 3.05) is 37.5 Å². The number of methoxy groups -OCH3 is 1. The van der Waals surface area contributed by atoms with Gasteiger partial charge in [0, 0.05) is 20.1 Å². The van der Waals surface area contributed by atoms with Gasteiger partial charge in [-0.2, -0.15) is 0 Å². The number of nitrogens with zero attached hydrogens (tertiary/aromatic N) is 1. The Kier molecular flexibility index (Phi) is 2.49. The predicted molar refractivity (Wildman–Crippen MR) is 59.5 cm³/mol. The van der Waals surface area contributed by atoms with Crippen molar-refractivity contribution in [2.24, 2.45) is 0 Å². The molecule has 1 heterocycles. The van der Waals surface area contributed by atoms with Crippen molar-refractivity contribution in [1.82, 2.24) is 0 Å². The highest BCUT2D eigenvalue weighted by molar-refractivity contribution is 5.99. The lowest BCUT2D eigenvalue weighted by Crippen LogP contribution is -2.31. The zero-order chi connectivity index (χ0) is 10.8. The van der Waals surface area contributed by atoms with Crippen LogP contribution < -0.4 is 10.2 Å². The van der Waals surface area contributed by atoms with Crippen LogP contribution in [0.3, 0.4) is 0 Å². The third-order valence-corrected chi connectivity index (χ3v) is 2.61. The molecule has 1 aromatic carbocycles. The van der Waals surface area contributed by atoms with Crippen molar-refractivity contribution in [1.29, 1.82) is 0 Å². The molecule has 0 saturated heterocycles. The summed E-state index contributed by atoms with van der Waals surface area (Å²) in [6.07, 6.45) is 0. The molecule has 0 fully saturated rings. The lowest BCUT2D eigenvalue weighted by Gasteiger charge is -2.29. The van der Waals surface area contributed by atoms with Gasteiger partial charge in [0.2, 0.25) is 0 Å². The van der Waals surface area contributed by atoms with E-state index in [9.17, 15) is 4.79 Å². The Bertz CT molecular complexity index is 390. The van der Waals surface area contributed by atoms with Gasteiger partial charge in [-0.25, -0.2) is 4.79 Å². The highest BCUT2D eigenvalue weighted by Gasteiger charge is 2.19. The van der Waals surface area contributed by atoms with Crippen LogP contribution in [0.5, 0.6) is 0 Å². The number of carbonyl (C=O) groups excluding carboxylic acids is 1. The summed E-state index contributed by atoms with van der Waals surface area (Å²) in [5, 5.41) is 3.23. The van der Waals surface area contributed by atoms with E-state index in [0.29, 0.717) is 5.56 Å². The molecule has 0 unspecified atom stereocenters. The van der Waals surface area contributed by atoms with Crippen LogP contribution in [-0.4, -0.2) is 33.2 Å². The second-order valence-corrected chi connectivity index (χ2v) is 3.54. The van der Waals surface area contributed by atoms with Gasteiger partial charge in [-0.3, -0.25) is 0 Å². The first-order chi connectivity index (χ1) is 7.24. The number of rotatable bonds is 1. The van der Waals surface area contributed by atoms with Gasteiger partial charge >= 0.3 is 5.97 Å². The maximum absolute atomic E-state index is 11.5. The molecule has 1 aliphatic rings. The van der Waals surface area contributed by atoms with Crippen LogP contribution in [-0.2, 0) is 4.74 Å². The SMILES string of the molecule is COC(=O)c1cccc2c1NCCN2C. The quantitative estimate of drug-likeness (QED) is 0.704. The number of likely N-dealkylation sites (N-methyl/N-ethyl adjacent to an activating group) is 1. The fourth-order valence-corrected chi connectivity index (χ4v) is 1.79. The Labute approximate surface area is 88.8 Å². The van der Waals surface area contributed by atoms with E-state index in [1.807, 2.05) is 19.2 Å². The minimum absolute atomic E-state index is 0.297. The standard InChI is InChI=1S/C11H14N2O2/c1-13-7-6-12-10-8(11(14)15-2)4-3-5-9(10)13/h3-5,12H,6-7H2,1-2H3. The predicted octanol–water partition coefficient (Wildman–Crippen LogP) is 1.33. The van der Waals surface area contributed by atoms with Gasteiger partial charge in [0.25, 0.3) is 0 Å². The van der Waals surface area contributed by atoms with E-state index in [2.05, 4.69) is 10.2 Å². The van der Waals surface area contributed by atoms with Crippen molar-refractivity contribution in [2.45, 2.75) is 0 Å². The Hall–Kier alpha value is -1.71. The molecule has 0 spiro atoms. The van der Waals surface area contributed by atoms with Crippen LogP contribution in [0.1, 0.15) is 10.4 Å². The van der Waals surface area contributed by atoms with E-state index in [4.69, 9.17) is 4.74 Å². The van der Waals surface area contributed by atoms with Gasteiger partial charge in [0.1, 0.15) is 0 Å². The van der Waals surface area contributed by atoms with Crippen molar-refractivity contribution >= 4 is 17.3 Å². The molecule has 80 valence electrons. The molecule has 0 atom stereocenters. The summed E-state index contributed by atoms with van der Waals surface area (Å²) >= 11 is 0. The molecule has 1 aliphatic heterocycles. The fourth-order valence-electron chi connectivity index (χ4n) is 1.79. The topological polar surface area (TPSA) is 41.6 Å². The number of nitrogens with one attached hydrogen (secondary N) is 1. The van der Waals surface area contributed by atoms with Crippen molar-refractivity contribution < 1.29 is 9.53 Å². The Balaban J connectivity index is 2.49. The second-order valence-electron chi connectivity index (χ2n) is 3.54. The van der Waals surface area contributed by atoms with Crippen LogP contribution >= 0.6 is 0 Å². The van der Waals surface area contributed by atoms with E-state index in [-0.39, 0.29) is 5.97 Å². The zero-order valence-electron chi connectivity index (χ0n) is 8.91. The minimum atomic E-state index is -0.297. The van der Waals surface area contributed by atoms with Crippen LogP contribution in [0.25, 0.3) is 0 Å². The third-order valence-electron chi connectivity index (χ3n) is 2.61. The molecular formula is C11H14N2O2. The first-order valence-electron chi connectivity index (χ1n) is 4.90. The van der Waals surface area contributed by atoms with Crippen LogP contribution in [0.15, 0.2) is 18.2 Å². The average Bonchev–Trinajstić information content (AvgIpc) is 2.28. The van der Waals surface area contributed by atoms with E-state index in [1.54, 1.807) is 6.07 Å². The summed E-state index contributed by atoms with van der Waals surface area (Å²) in [5.41, 5.74) is 2.52. The largest absolute Gasteiger partial charge is 0.465 e. The molecule has 4 nitrogen and oxygen atoms in total. The van der Waals surface area contributed by atoms with E-state index < -0.39 is 0 Å². The Morgan fingerprint density at radius 3 is 3.07 bits per heavy atom. The van der Waals surface area contributed by atoms with Crippen LogP contribution in [0.4, 0.5) is 11.4 Å². The molecule has 4 heteroatoms. The van der Waals surface area contributed by atoms with Crippen molar-refractivity contribution in [3.8, 4) is 0 Å². The molecule has 1 aromatic rings. The second kappa shape index (κ2) is 3.81. The minimum Gasteiger partial charge on any atom is -0.465 e. The van der Waals surface area contributed by atoms with Gasteiger partial charge in [0.05, 0.1) is 24.0 Å². The summed E-state index contributed by atoms with van der Waals surface area (Å²) in [5.74, 6) is -0.297.